The van der Waals surface area contributed by atoms with Crippen molar-refractivity contribution in [2.45, 2.75) is 6.42 Å². The van der Waals surface area contributed by atoms with Crippen molar-refractivity contribution in [1.29, 1.82) is 0 Å². The number of carbonyl (C=O) groups excluding carboxylic acids is 1. The normalized spacial score (nSPS) is 8.93. The van der Waals surface area contributed by atoms with Crippen LogP contribution in [0.2, 0.25) is 0 Å². The van der Waals surface area contributed by atoms with Crippen LogP contribution in [0.1, 0.15) is 22.5 Å². The molecule has 3 nitrogen and oxygen atoms in total. The monoisotopic (exact) mass is 188 g/mol. The van der Waals surface area contributed by atoms with E-state index in [1.807, 2.05) is 7.05 Å². The van der Waals surface area contributed by atoms with Crippen LogP contribution in [0.3, 0.4) is 0 Å². The van der Waals surface area contributed by atoms with Crippen molar-refractivity contribution in [3.8, 4) is 11.8 Å². The molecule has 0 saturated heterocycles. The van der Waals surface area contributed by atoms with Crippen LogP contribution in [0.25, 0.3) is 0 Å². The zero-order chi connectivity index (χ0) is 10.2. The lowest BCUT2D eigenvalue weighted by atomic mass is 10.2. The van der Waals surface area contributed by atoms with Crippen LogP contribution < -0.4 is 5.32 Å². The fraction of sp³-hybridized carbons (Fsp3) is 0.273. The summed E-state index contributed by atoms with van der Waals surface area (Å²) in [5.74, 6) is 5.89. The zero-order valence-corrected chi connectivity index (χ0v) is 8.08. The summed E-state index contributed by atoms with van der Waals surface area (Å²) in [6.07, 6.45) is 3.09. The first-order chi connectivity index (χ1) is 6.86. The van der Waals surface area contributed by atoms with Gasteiger partial charge in [0.15, 0.2) is 6.29 Å². The summed E-state index contributed by atoms with van der Waals surface area (Å²) < 4.78 is 0. The van der Waals surface area contributed by atoms with Crippen molar-refractivity contribution in [3.05, 3.63) is 29.6 Å². The Morgan fingerprint density at radius 2 is 2.43 bits per heavy atom. The summed E-state index contributed by atoms with van der Waals surface area (Å²) in [6.45, 7) is 0.874. The Hall–Kier alpha value is -1.66. The van der Waals surface area contributed by atoms with Gasteiger partial charge in [0.2, 0.25) is 0 Å². The minimum absolute atomic E-state index is 0.575. The SMILES string of the molecule is CNCCC#Cc1ccc(C=O)cn1. The van der Waals surface area contributed by atoms with Gasteiger partial charge in [-0.3, -0.25) is 4.79 Å². The number of nitrogens with one attached hydrogen (secondary N) is 1. The van der Waals surface area contributed by atoms with Crippen LogP contribution >= 0.6 is 0 Å². The first-order valence-corrected chi connectivity index (χ1v) is 4.41. The Bertz CT molecular complexity index is 346. The first-order valence-electron chi connectivity index (χ1n) is 4.41. The number of aldehydes is 1. The summed E-state index contributed by atoms with van der Waals surface area (Å²) in [4.78, 5) is 14.4. The van der Waals surface area contributed by atoms with E-state index in [4.69, 9.17) is 0 Å². The molecule has 0 saturated carbocycles. The van der Waals surface area contributed by atoms with Crippen LogP contribution in [0.4, 0.5) is 0 Å². The molecule has 0 aliphatic rings. The third-order valence-corrected chi connectivity index (χ3v) is 1.64. The second kappa shape index (κ2) is 5.90. The molecule has 1 aromatic rings. The van der Waals surface area contributed by atoms with Crippen molar-refractivity contribution >= 4 is 6.29 Å². The highest BCUT2D eigenvalue weighted by atomic mass is 16.1. The highest BCUT2D eigenvalue weighted by Crippen LogP contribution is 1.95. The van der Waals surface area contributed by atoms with E-state index in [2.05, 4.69) is 22.1 Å². The van der Waals surface area contributed by atoms with Gasteiger partial charge in [-0.1, -0.05) is 5.92 Å². The molecule has 3 heteroatoms. The van der Waals surface area contributed by atoms with Crippen LogP contribution in [0.15, 0.2) is 18.3 Å². The molecule has 1 rings (SSSR count). The summed E-state index contributed by atoms with van der Waals surface area (Å²) in [6, 6.07) is 3.46. The number of hydrogen-bond acceptors (Lipinski definition) is 3. The second-order valence-electron chi connectivity index (χ2n) is 2.75. The molecular weight excluding hydrogens is 176 g/mol. The van der Waals surface area contributed by atoms with Crippen molar-refractivity contribution in [1.82, 2.24) is 10.3 Å². The molecule has 0 aromatic carbocycles. The van der Waals surface area contributed by atoms with Gasteiger partial charge in [0, 0.05) is 24.7 Å². The topological polar surface area (TPSA) is 42.0 Å². The highest BCUT2D eigenvalue weighted by molar-refractivity contribution is 5.74. The molecule has 0 aliphatic heterocycles. The van der Waals surface area contributed by atoms with Gasteiger partial charge in [0.25, 0.3) is 0 Å². The average molecular weight is 188 g/mol. The van der Waals surface area contributed by atoms with E-state index in [1.165, 1.54) is 6.20 Å². The van der Waals surface area contributed by atoms with Gasteiger partial charge in [-0.25, -0.2) is 4.98 Å². The van der Waals surface area contributed by atoms with Gasteiger partial charge < -0.3 is 5.32 Å². The Kier molecular flexibility index (Phi) is 4.39. The number of hydrogen-bond donors (Lipinski definition) is 1. The van der Waals surface area contributed by atoms with Crippen molar-refractivity contribution in [2.75, 3.05) is 13.6 Å². The first kappa shape index (κ1) is 10.4. The number of rotatable bonds is 3. The molecule has 0 amide bonds. The molecule has 1 aromatic heterocycles. The smallest absolute Gasteiger partial charge is 0.151 e. The predicted octanol–water partition coefficient (Wildman–Crippen LogP) is 0.855. The fourth-order valence-electron chi connectivity index (χ4n) is 0.890. The molecule has 0 radical (unpaired) electrons. The zero-order valence-electron chi connectivity index (χ0n) is 8.08. The minimum atomic E-state index is 0.575. The van der Waals surface area contributed by atoms with Crippen LogP contribution in [0, 0.1) is 11.8 Å². The molecule has 14 heavy (non-hydrogen) atoms. The van der Waals surface area contributed by atoms with E-state index < -0.39 is 0 Å². The Morgan fingerprint density at radius 3 is 3.00 bits per heavy atom. The molecule has 1 heterocycles. The lowest BCUT2D eigenvalue weighted by Crippen LogP contribution is -2.05. The van der Waals surface area contributed by atoms with E-state index in [-0.39, 0.29) is 0 Å². The third-order valence-electron chi connectivity index (χ3n) is 1.64. The van der Waals surface area contributed by atoms with Gasteiger partial charge in [0.1, 0.15) is 5.69 Å². The van der Waals surface area contributed by atoms with Gasteiger partial charge in [-0.2, -0.15) is 0 Å². The molecule has 1 N–H and O–H groups in total. The van der Waals surface area contributed by atoms with Crippen LogP contribution in [-0.4, -0.2) is 24.9 Å². The second-order valence-corrected chi connectivity index (χ2v) is 2.75. The van der Waals surface area contributed by atoms with Crippen LogP contribution in [0.5, 0.6) is 0 Å². The molecule has 72 valence electrons. The summed E-state index contributed by atoms with van der Waals surface area (Å²) in [5, 5.41) is 3.00. The molecule has 0 aliphatic carbocycles. The predicted molar refractivity (Wildman–Crippen MR) is 55.0 cm³/mol. The van der Waals surface area contributed by atoms with Crippen molar-refractivity contribution in [3.63, 3.8) is 0 Å². The molecular formula is C11H12N2O. The van der Waals surface area contributed by atoms with Gasteiger partial charge in [0.05, 0.1) is 0 Å². The number of aromatic nitrogens is 1. The van der Waals surface area contributed by atoms with E-state index in [1.54, 1.807) is 12.1 Å². The number of nitrogens with zero attached hydrogens (tertiary/aromatic N) is 1. The van der Waals surface area contributed by atoms with Gasteiger partial charge in [-0.15, -0.1) is 0 Å². The lowest BCUT2D eigenvalue weighted by Gasteiger charge is -1.90. The maximum absolute atomic E-state index is 10.3. The summed E-state index contributed by atoms with van der Waals surface area (Å²) in [5.41, 5.74) is 1.28. The van der Waals surface area contributed by atoms with E-state index in [0.717, 1.165) is 19.3 Å². The van der Waals surface area contributed by atoms with Crippen LogP contribution in [-0.2, 0) is 0 Å². The number of pyridine rings is 1. The largest absolute Gasteiger partial charge is 0.319 e. The molecule has 0 spiro atoms. The van der Waals surface area contributed by atoms with E-state index in [9.17, 15) is 4.79 Å². The van der Waals surface area contributed by atoms with E-state index in [0.29, 0.717) is 11.3 Å². The summed E-state index contributed by atoms with van der Waals surface area (Å²) in [7, 11) is 1.89. The highest BCUT2D eigenvalue weighted by Gasteiger charge is 1.89. The fourth-order valence-corrected chi connectivity index (χ4v) is 0.890. The molecule has 0 fully saturated rings. The Labute approximate surface area is 83.6 Å². The Balaban J connectivity index is 2.57. The minimum Gasteiger partial charge on any atom is -0.319 e. The van der Waals surface area contributed by atoms with Crippen molar-refractivity contribution < 1.29 is 4.79 Å². The van der Waals surface area contributed by atoms with E-state index >= 15 is 0 Å². The maximum Gasteiger partial charge on any atom is 0.151 e. The average Bonchev–Trinajstić information content (AvgIpc) is 2.25. The quantitative estimate of drug-likeness (QED) is 0.434. The van der Waals surface area contributed by atoms with Gasteiger partial charge >= 0.3 is 0 Å². The Morgan fingerprint density at radius 1 is 1.57 bits per heavy atom. The number of carbonyl (C=O) groups is 1. The molecule has 0 bridgehead atoms. The molecule has 0 unspecified atom stereocenters. The lowest BCUT2D eigenvalue weighted by molar-refractivity contribution is 0.112. The van der Waals surface area contributed by atoms with Gasteiger partial charge in [-0.05, 0) is 25.1 Å². The molecule has 0 atom stereocenters. The standard InChI is InChI=1S/C11H12N2O/c1-12-7-3-2-4-11-6-5-10(9-14)8-13-11/h5-6,8-9,12H,3,7H2,1H3. The third kappa shape index (κ3) is 3.38. The van der Waals surface area contributed by atoms with Crippen molar-refractivity contribution in [2.24, 2.45) is 0 Å². The maximum atomic E-state index is 10.3. The summed E-state index contributed by atoms with van der Waals surface area (Å²) >= 11 is 0.